The molecule has 0 saturated carbocycles. The lowest BCUT2D eigenvalue weighted by molar-refractivity contribution is 0.0882. The number of nitrogens with zero attached hydrogens (tertiary/aromatic N) is 1. The molecule has 0 radical (unpaired) electrons. The number of hydrogen-bond acceptors (Lipinski definition) is 2. The minimum atomic E-state index is -0.449. The third-order valence-electron chi connectivity index (χ3n) is 2.79. The fourth-order valence-electron chi connectivity index (χ4n) is 1.36. The van der Waals surface area contributed by atoms with Crippen molar-refractivity contribution < 1.29 is 5.11 Å². The SMILES string of the molecule is Cc1ccnc(C(O)C(C)C(C)C)c1. The van der Waals surface area contributed by atoms with E-state index in [0.717, 1.165) is 11.3 Å². The van der Waals surface area contributed by atoms with Crippen molar-refractivity contribution in [2.24, 2.45) is 11.8 Å². The van der Waals surface area contributed by atoms with Gasteiger partial charge < -0.3 is 5.11 Å². The van der Waals surface area contributed by atoms with Crippen LogP contribution in [0.2, 0.25) is 0 Å². The molecule has 0 aromatic carbocycles. The summed E-state index contributed by atoms with van der Waals surface area (Å²) in [6.45, 7) is 8.30. The summed E-state index contributed by atoms with van der Waals surface area (Å²) in [5, 5.41) is 10.0. The summed E-state index contributed by atoms with van der Waals surface area (Å²) in [6, 6.07) is 3.89. The Morgan fingerprint density at radius 2 is 1.93 bits per heavy atom. The van der Waals surface area contributed by atoms with E-state index in [1.54, 1.807) is 6.20 Å². The highest BCUT2D eigenvalue weighted by Gasteiger charge is 2.20. The van der Waals surface area contributed by atoms with Gasteiger partial charge in [0.25, 0.3) is 0 Å². The van der Waals surface area contributed by atoms with Crippen LogP contribution < -0.4 is 0 Å². The van der Waals surface area contributed by atoms with Crippen molar-refractivity contribution in [1.82, 2.24) is 4.98 Å². The second kappa shape index (κ2) is 4.56. The van der Waals surface area contributed by atoms with E-state index < -0.39 is 6.10 Å². The third kappa shape index (κ3) is 2.55. The number of aliphatic hydroxyl groups is 1. The largest absolute Gasteiger partial charge is 0.387 e. The zero-order chi connectivity index (χ0) is 10.7. The molecule has 0 bridgehead atoms. The Hall–Kier alpha value is -0.890. The first kappa shape index (κ1) is 11.2. The van der Waals surface area contributed by atoms with Crippen LogP contribution in [-0.4, -0.2) is 10.1 Å². The molecule has 1 aromatic rings. The molecule has 78 valence electrons. The van der Waals surface area contributed by atoms with Gasteiger partial charge in [0.15, 0.2) is 0 Å². The number of hydrogen-bond donors (Lipinski definition) is 1. The highest BCUT2D eigenvalue weighted by Crippen LogP contribution is 2.26. The molecule has 1 aromatic heterocycles. The van der Waals surface area contributed by atoms with Crippen LogP contribution in [0.5, 0.6) is 0 Å². The molecule has 0 aliphatic heterocycles. The van der Waals surface area contributed by atoms with Crippen LogP contribution in [0.3, 0.4) is 0 Å². The smallest absolute Gasteiger partial charge is 0.0987 e. The lowest BCUT2D eigenvalue weighted by atomic mass is 9.90. The quantitative estimate of drug-likeness (QED) is 0.800. The fourth-order valence-corrected chi connectivity index (χ4v) is 1.36. The van der Waals surface area contributed by atoms with Crippen LogP contribution in [-0.2, 0) is 0 Å². The Balaban J connectivity index is 2.83. The van der Waals surface area contributed by atoms with Gasteiger partial charge in [-0.05, 0) is 36.5 Å². The van der Waals surface area contributed by atoms with E-state index >= 15 is 0 Å². The van der Waals surface area contributed by atoms with Gasteiger partial charge in [-0.3, -0.25) is 4.98 Å². The molecule has 0 saturated heterocycles. The van der Waals surface area contributed by atoms with Crippen molar-refractivity contribution in [2.45, 2.75) is 33.8 Å². The topological polar surface area (TPSA) is 33.1 Å². The number of rotatable bonds is 3. The zero-order valence-corrected chi connectivity index (χ0v) is 9.36. The van der Waals surface area contributed by atoms with Gasteiger partial charge in [-0.25, -0.2) is 0 Å². The lowest BCUT2D eigenvalue weighted by Gasteiger charge is -2.21. The molecule has 2 nitrogen and oxygen atoms in total. The summed E-state index contributed by atoms with van der Waals surface area (Å²) in [6.07, 6.45) is 1.30. The van der Waals surface area contributed by atoms with Crippen LogP contribution in [0.1, 0.15) is 38.1 Å². The summed E-state index contributed by atoms with van der Waals surface area (Å²) in [5.41, 5.74) is 1.93. The molecular weight excluding hydrogens is 174 g/mol. The van der Waals surface area contributed by atoms with Crippen molar-refractivity contribution in [2.75, 3.05) is 0 Å². The monoisotopic (exact) mass is 193 g/mol. The minimum absolute atomic E-state index is 0.240. The molecular formula is C12H19NO. The van der Waals surface area contributed by atoms with Crippen LogP contribution in [0.15, 0.2) is 18.3 Å². The lowest BCUT2D eigenvalue weighted by Crippen LogP contribution is -2.16. The first-order valence-electron chi connectivity index (χ1n) is 5.13. The van der Waals surface area contributed by atoms with Crippen molar-refractivity contribution in [1.29, 1.82) is 0 Å². The highest BCUT2D eigenvalue weighted by atomic mass is 16.3. The third-order valence-corrected chi connectivity index (χ3v) is 2.79. The average molecular weight is 193 g/mol. The normalized spacial score (nSPS) is 15.6. The number of aryl methyl sites for hydroxylation is 1. The van der Waals surface area contributed by atoms with Crippen LogP contribution in [0.25, 0.3) is 0 Å². The standard InChI is InChI=1S/C12H19NO/c1-8(2)10(4)12(14)11-7-9(3)5-6-13-11/h5-8,10,12,14H,1-4H3. The first-order valence-corrected chi connectivity index (χ1v) is 5.13. The molecule has 0 amide bonds. The van der Waals surface area contributed by atoms with Crippen molar-refractivity contribution in [3.63, 3.8) is 0 Å². The number of aromatic nitrogens is 1. The maximum atomic E-state index is 10.0. The first-order chi connectivity index (χ1) is 6.52. The van der Waals surface area contributed by atoms with Crippen LogP contribution >= 0.6 is 0 Å². The Bertz CT molecular complexity index is 296. The van der Waals surface area contributed by atoms with Gasteiger partial charge in [0.1, 0.15) is 0 Å². The van der Waals surface area contributed by atoms with Gasteiger partial charge in [0.2, 0.25) is 0 Å². The van der Waals surface area contributed by atoms with Gasteiger partial charge in [-0.1, -0.05) is 20.8 Å². The van der Waals surface area contributed by atoms with Gasteiger partial charge in [-0.2, -0.15) is 0 Å². The van der Waals surface area contributed by atoms with Crippen LogP contribution in [0.4, 0.5) is 0 Å². The van der Waals surface area contributed by atoms with Gasteiger partial charge in [-0.15, -0.1) is 0 Å². The Morgan fingerprint density at radius 1 is 1.29 bits per heavy atom. The van der Waals surface area contributed by atoms with E-state index in [0.29, 0.717) is 5.92 Å². The molecule has 0 spiro atoms. The molecule has 2 unspecified atom stereocenters. The Morgan fingerprint density at radius 3 is 2.43 bits per heavy atom. The average Bonchev–Trinajstić information content (AvgIpc) is 2.15. The summed E-state index contributed by atoms with van der Waals surface area (Å²) < 4.78 is 0. The molecule has 2 heteroatoms. The molecule has 0 fully saturated rings. The predicted molar refractivity (Wildman–Crippen MR) is 57.9 cm³/mol. The predicted octanol–water partition coefficient (Wildman–Crippen LogP) is 2.72. The Kier molecular flexibility index (Phi) is 3.64. The van der Waals surface area contributed by atoms with Crippen molar-refractivity contribution in [3.05, 3.63) is 29.6 Å². The van der Waals surface area contributed by atoms with Gasteiger partial charge in [0.05, 0.1) is 11.8 Å². The molecule has 0 aliphatic carbocycles. The minimum Gasteiger partial charge on any atom is -0.387 e. The molecule has 1 N–H and O–H groups in total. The summed E-state index contributed by atoms with van der Waals surface area (Å²) in [7, 11) is 0. The second-order valence-corrected chi connectivity index (χ2v) is 4.31. The summed E-state index contributed by atoms with van der Waals surface area (Å²) >= 11 is 0. The second-order valence-electron chi connectivity index (χ2n) is 4.31. The van der Waals surface area contributed by atoms with E-state index in [1.165, 1.54) is 0 Å². The summed E-state index contributed by atoms with van der Waals surface area (Å²) in [5.74, 6) is 0.705. The number of pyridine rings is 1. The van der Waals surface area contributed by atoms with E-state index in [-0.39, 0.29) is 5.92 Å². The highest BCUT2D eigenvalue weighted by molar-refractivity contribution is 5.16. The number of aliphatic hydroxyl groups excluding tert-OH is 1. The fraction of sp³-hybridized carbons (Fsp3) is 0.583. The van der Waals surface area contributed by atoms with E-state index in [2.05, 4.69) is 25.8 Å². The molecule has 14 heavy (non-hydrogen) atoms. The Labute approximate surface area is 86.0 Å². The maximum Gasteiger partial charge on any atom is 0.0987 e. The van der Waals surface area contributed by atoms with Crippen molar-refractivity contribution in [3.8, 4) is 0 Å². The summed E-state index contributed by atoms with van der Waals surface area (Å²) in [4.78, 5) is 4.19. The van der Waals surface area contributed by atoms with E-state index in [4.69, 9.17) is 0 Å². The molecule has 2 atom stereocenters. The molecule has 1 rings (SSSR count). The zero-order valence-electron chi connectivity index (χ0n) is 9.36. The van der Waals surface area contributed by atoms with Crippen LogP contribution in [0, 0.1) is 18.8 Å². The maximum absolute atomic E-state index is 10.0. The van der Waals surface area contributed by atoms with Gasteiger partial charge in [0, 0.05) is 6.20 Å². The van der Waals surface area contributed by atoms with Crippen molar-refractivity contribution >= 4 is 0 Å². The van der Waals surface area contributed by atoms with E-state index in [9.17, 15) is 5.11 Å². The van der Waals surface area contributed by atoms with Gasteiger partial charge >= 0.3 is 0 Å². The van der Waals surface area contributed by atoms with E-state index in [1.807, 2.05) is 19.1 Å². The molecule has 1 heterocycles. The molecule has 0 aliphatic rings.